The predicted octanol–water partition coefficient (Wildman–Crippen LogP) is 4.02. The van der Waals surface area contributed by atoms with E-state index in [0.29, 0.717) is 13.1 Å². The fraction of sp³-hybridized carbons (Fsp3) is 0.190. The SMILES string of the molecule is CCN(Cc1ccccc1)C(=O)COC(=O)c1csc(-c2ccccc2)n1. The van der Waals surface area contributed by atoms with Gasteiger partial charge in [0.15, 0.2) is 12.3 Å². The van der Waals surface area contributed by atoms with E-state index in [9.17, 15) is 9.59 Å². The van der Waals surface area contributed by atoms with Crippen LogP contribution < -0.4 is 0 Å². The van der Waals surface area contributed by atoms with E-state index in [0.717, 1.165) is 16.1 Å². The smallest absolute Gasteiger partial charge is 0.358 e. The summed E-state index contributed by atoms with van der Waals surface area (Å²) in [5, 5.41) is 2.39. The van der Waals surface area contributed by atoms with Crippen molar-refractivity contribution < 1.29 is 14.3 Å². The Labute approximate surface area is 162 Å². The van der Waals surface area contributed by atoms with Crippen LogP contribution in [0.25, 0.3) is 10.6 Å². The molecule has 0 saturated carbocycles. The van der Waals surface area contributed by atoms with Crippen molar-refractivity contribution in [2.45, 2.75) is 13.5 Å². The molecule has 27 heavy (non-hydrogen) atoms. The molecule has 3 aromatic rings. The molecule has 0 saturated heterocycles. The van der Waals surface area contributed by atoms with E-state index in [1.54, 1.807) is 10.3 Å². The van der Waals surface area contributed by atoms with Crippen LogP contribution in [0.15, 0.2) is 66.0 Å². The van der Waals surface area contributed by atoms with Gasteiger partial charge in [0.05, 0.1) is 0 Å². The number of rotatable bonds is 7. The maximum atomic E-state index is 12.4. The molecule has 1 heterocycles. The minimum atomic E-state index is -0.586. The van der Waals surface area contributed by atoms with Crippen LogP contribution in [0.2, 0.25) is 0 Å². The number of hydrogen-bond donors (Lipinski definition) is 0. The highest BCUT2D eigenvalue weighted by molar-refractivity contribution is 7.13. The highest BCUT2D eigenvalue weighted by atomic mass is 32.1. The van der Waals surface area contributed by atoms with E-state index in [-0.39, 0.29) is 18.2 Å². The van der Waals surface area contributed by atoms with Gasteiger partial charge in [0.2, 0.25) is 0 Å². The van der Waals surface area contributed by atoms with Crippen LogP contribution >= 0.6 is 11.3 Å². The summed E-state index contributed by atoms with van der Waals surface area (Å²) in [6.45, 7) is 2.63. The number of ether oxygens (including phenoxy) is 1. The van der Waals surface area contributed by atoms with Gasteiger partial charge in [-0.3, -0.25) is 4.79 Å². The molecule has 0 aliphatic carbocycles. The Morgan fingerprint density at radius 1 is 1.04 bits per heavy atom. The van der Waals surface area contributed by atoms with E-state index in [1.165, 1.54) is 11.3 Å². The highest BCUT2D eigenvalue weighted by Gasteiger charge is 2.18. The number of carbonyl (C=O) groups is 2. The largest absolute Gasteiger partial charge is 0.451 e. The average molecular weight is 380 g/mol. The van der Waals surface area contributed by atoms with E-state index in [4.69, 9.17) is 4.74 Å². The third-order valence-electron chi connectivity index (χ3n) is 4.01. The van der Waals surface area contributed by atoms with Crippen molar-refractivity contribution in [1.82, 2.24) is 9.88 Å². The number of amides is 1. The van der Waals surface area contributed by atoms with Gasteiger partial charge in [-0.1, -0.05) is 60.7 Å². The lowest BCUT2D eigenvalue weighted by atomic mass is 10.2. The number of benzene rings is 2. The monoisotopic (exact) mass is 380 g/mol. The van der Waals surface area contributed by atoms with Crippen LogP contribution in [-0.4, -0.2) is 34.9 Å². The van der Waals surface area contributed by atoms with Crippen LogP contribution in [0.1, 0.15) is 23.0 Å². The molecule has 0 aliphatic heterocycles. The Kier molecular flexibility index (Phi) is 6.33. The molecule has 1 amide bonds. The van der Waals surface area contributed by atoms with Crippen LogP contribution in [0, 0.1) is 0 Å². The number of esters is 1. The molecule has 3 rings (SSSR count). The minimum Gasteiger partial charge on any atom is -0.451 e. The third-order valence-corrected chi connectivity index (χ3v) is 4.90. The second-order valence-electron chi connectivity index (χ2n) is 5.87. The molecule has 6 heteroatoms. The van der Waals surface area contributed by atoms with Crippen molar-refractivity contribution >= 4 is 23.2 Å². The Balaban J connectivity index is 1.56. The van der Waals surface area contributed by atoms with Gasteiger partial charge >= 0.3 is 5.97 Å². The summed E-state index contributed by atoms with van der Waals surface area (Å²) in [5.41, 5.74) is 2.20. The van der Waals surface area contributed by atoms with Gasteiger partial charge < -0.3 is 9.64 Å². The number of aromatic nitrogens is 1. The number of thiazole rings is 1. The summed E-state index contributed by atoms with van der Waals surface area (Å²) >= 11 is 1.37. The summed E-state index contributed by atoms with van der Waals surface area (Å²) in [4.78, 5) is 30.5. The number of likely N-dealkylation sites (N-methyl/N-ethyl adjacent to an activating group) is 1. The zero-order valence-corrected chi connectivity index (χ0v) is 15.8. The Morgan fingerprint density at radius 2 is 1.70 bits per heavy atom. The first kappa shape index (κ1) is 18.8. The Bertz CT molecular complexity index is 894. The number of hydrogen-bond acceptors (Lipinski definition) is 5. The molecular formula is C21H20N2O3S. The molecule has 1 aromatic heterocycles. The molecule has 0 unspecified atom stereocenters. The van der Waals surface area contributed by atoms with E-state index < -0.39 is 5.97 Å². The lowest BCUT2D eigenvalue weighted by Gasteiger charge is -2.20. The van der Waals surface area contributed by atoms with Crippen LogP contribution in [0.3, 0.4) is 0 Å². The van der Waals surface area contributed by atoms with Gasteiger partial charge in [0.25, 0.3) is 5.91 Å². The quantitative estimate of drug-likeness (QED) is 0.581. The van der Waals surface area contributed by atoms with Crippen molar-refractivity contribution in [3.05, 3.63) is 77.3 Å². The summed E-state index contributed by atoms with van der Waals surface area (Å²) in [7, 11) is 0. The van der Waals surface area contributed by atoms with Gasteiger partial charge in [-0.25, -0.2) is 9.78 Å². The van der Waals surface area contributed by atoms with E-state index >= 15 is 0 Å². The van der Waals surface area contributed by atoms with E-state index in [2.05, 4.69) is 4.98 Å². The van der Waals surface area contributed by atoms with Crippen molar-refractivity contribution in [2.75, 3.05) is 13.2 Å². The van der Waals surface area contributed by atoms with Crippen LogP contribution in [0.4, 0.5) is 0 Å². The molecule has 0 aliphatic rings. The lowest BCUT2D eigenvalue weighted by molar-refractivity contribution is -0.134. The minimum absolute atomic E-state index is 0.220. The fourth-order valence-electron chi connectivity index (χ4n) is 2.55. The second-order valence-corrected chi connectivity index (χ2v) is 6.73. The van der Waals surface area contributed by atoms with Gasteiger partial charge in [-0.05, 0) is 12.5 Å². The van der Waals surface area contributed by atoms with Crippen molar-refractivity contribution in [1.29, 1.82) is 0 Å². The normalized spacial score (nSPS) is 10.4. The molecule has 0 bridgehead atoms. The standard InChI is InChI=1S/C21H20N2O3S/c1-2-23(13-16-9-5-3-6-10-16)19(24)14-26-21(25)18-15-27-20(22-18)17-11-7-4-8-12-17/h3-12,15H,2,13-14H2,1H3. The summed E-state index contributed by atoms with van der Waals surface area (Å²) in [6, 6.07) is 19.3. The molecular weight excluding hydrogens is 360 g/mol. The van der Waals surface area contributed by atoms with Gasteiger partial charge in [0.1, 0.15) is 5.01 Å². The molecule has 5 nitrogen and oxygen atoms in total. The Hall–Kier alpha value is -2.99. The van der Waals surface area contributed by atoms with Gasteiger partial charge in [-0.2, -0.15) is 0 Å². The van der Waals surface area contributed by atoms with Crippen LogP contribution in [0.5, 0.6) is 0 Å². The summed E-state index contributed by atoms with van der Waals surface area (Å²) < 4.78 is 5.17. The maximum absolute atomic E-state index is 12.4. The van der Waals surface area contributed by atoms with E-state index in [1.807, 2.05) is 67.6 Å². The second kappa shape index (κ2) is 9.09. The topological polar surface area (TPSA) is 59.5 Å². The highest BCUT2D eigenvalue weighted by Crippen LogP contribution is 2.23. The predicted molar refractivity (Wildman–Crippen MR) is 105 cm³/mol. The fourth-order valence-corrected chi connectivity index (χ4v) is 3.35. The summed E-state index contributed by atoms with van der Waals surface area (Å²) in [6.07, 6.45) is 0. The third kappa shape index (κ3) is 5.01. The first-order valence-corrected chi connectivity index (χ1v) is 9.55. The van der Waals surface area contributed by atoms with Crippen LogP contribution in [-0.2, 0) is 16.1 Å². The van der Waals surface area contributed by atoms with Gasteiger partial charge in [0, 0.05) is 24.0 Å². The molecule has 0 fully saturated rings. The van der Waals surface area contributed by atoms with Crippen molar-refractivity contribution in [3.8, 4) is 10.6 Å². The molecule has 0 atom stereocenters. The number of carbonyl (C=O) groups excluding carboxylic acids is 2. The average Bonchev–Trinajstić information content (AvgIpc) is 3.22. The first-order valence-electron chi connectivity index (χ1n) is 8.67. The maximum Gasteiger partial charge on any atom is 0.358 e. The molecule has 138 valence electrons. The number of nitrogens with zero attached hydrogens (tertiary/aromatic N) is 2. The zero-order chi connectivity index (χ0) is 19.1. The van der Waals surface area contributed by atoms with Gasteiger partial charge in [-0.15, -0.1) is 11.3 Å². The first-order chi connectivity index (χ1) is 13.2. The lowest BCUT2D eigenvalue weighted by Crippen LogP contribution is -2.34. The molecule has 0 N–H and O–H groups in total. The van der Waals surface area contributed by atoms with Crippen molar-refractivity contribution in [2.24, 2.45) is 0 Å². The molecule has 2 aromatic carbocycles. The zero-order valence-electron chi connectivity index (χ0n) is 15.0. The molecule has 0 radical (unpaired) electrons. The molecule has 0 spiro atoms. The van der Waals surface area contributed by atoms with Crippen molar-refractivity contribution in [3.63, 3.8) is 0 Å². The Morgan fingerprint density at radius 3 is 2.37 bits per heavy atom. The summed E-state index contributed by atoms with van der Waals surface area (Å²) in [5.74, 6) is -0.814.